The first-order chi connectivity index (χ1) is 18.9. The predicted octanol–water partition coefficient (Wildman–Crippen LogP) is 2.64. The van der Waals surface area contributed by atoms with Gasteiger partial charge < -0.3 is 29.4 Å². The maximum atomic E-state index is 13.7. The lowest BCUT2D eigenvalue weighted by Gasteiger charge is -2.35. The quantitative estimate of drug-likeness (QED) is 0.255. The molecular formula is C27H33BF2N4O6. The van der Waals surface area contributed by atoms with Crippen LogP contribution in [0.15, 0.2) is 46.6 Å². The van der Waals surface area contributed by atoms with Crippen molar-refractivity contribution < 1.29 is 37.6 Å². The average Bonchev–Trinajstić information content (AvgIpc) is 3.49. The van der Waals surface area contributed by atoms with E-state index in [1.807, 2.05) is 24.3 Å². The number of nitrogens with zero attached hydrogens (tertiary/aromatic N) is 3. The summed E-state index contributed by atoms with van der Waals surface area (Å²) in [5, 5.41) is 32.7. The molecular weight excluding hydrogens is 525 g/mol. The summed E-state index contributed by atoms with van der Waals surface area (Å²) in [7, 11) is -1.87. The highest BCUT2D eigenvalue weighted by atomic mass is 19.3. The zero-order valence-electron chi connectivity index (χ0n) is 22.5. The summed E-state index contributed by atoms with van der Waals surface area (Å²) >= 11 is 0. The highest BCUT2D eigenvalue weighted by molar-refractivity contribution is 6.43. The number of halogens is 2. The number of carbonyl (C=O) groups is 2. The number of alkyl halides is 2. The molecule has 1 unspecified atom stereocenters. The molecule has 2 aliphatic heterocycles. The minimum atomic E-state index is -2.81. The van der Waals surface area contributed by atoms with Crippen LogP contribution in [0.2, 0.25) is 0 Å². The Morgan fingerprint density at radius 2 is 2.10 bits per heavy atom. The number of alkyl carbamates (subject to hydrolysis) is 1. The number of fused-ring (bicyclic) bond motifs is 1. The van der Waals surface area contributed by atoms with Crippen molar-refractivity contribution in [3.8, 4) is 6.07 Å². The van der Waals surface area contributed by atoms with E-state index in [1.54, 1.807) is 24.8 Å². The van der Waals surface area contributed by atoms with Gasteiger partial charge in [-0.1, -0.05) is 18.2 Å². The van der Waals surface area contributed by atoms with E-state index in [1.165, 1.54) is 17.2 Å². The monoisotopic (exact) mass is 558 g/mol. The van der Waals surface area contributed by atoms with Gasteiger partial charge >= 0.3 is 13.2 Å². The average molecular weight is 558 g/mol. The van der Waals surface area contributed by atoms with Crippen LogP contribution in [0.1, 0.15) is 38.7 Å². The second-order valence-electron chi connectivity index (χ2n) is 10.9. The third kappa shape index (κ3) is 6.99. The molecule has 2 aromatic rings. The third-order valence-electron chi connectivity index (χ3n) is 7.44. The molecule has 0 bridgehead atoms. The van der Waals surface area contributed by atoms with E-state index in [4.69, 9.17) is 9.15 Å². The summed E-state index contributed by atoms with van der Waals surface area (Å²) in [5.74, 6) is -4.45. The van der Waals surface area contributed by atoms with Crippen molar-refractivity contribution in [2.45, 2.75) is 63.0 Å². The van der Waals surface area contributed by atoms with Crippen molar-refractivity contribution in [3.05, 3.63) is 47.7 Å². The number of para-hydroxylation sites is 1. The molecule has 2 atom stereocenters. The molecule has 214 valence electrons. The topological polar surface area (TPSA) is 139 Å². The van der Waals surface area contributed by atoms with Crippen LogP contribution in [-0.4, -0.2) is 88.7 Å². The summed E-state index contributed by atoms with van der Waals surface area (Å²) < 4.78 is 38.5. The van der Waals surface area contributed by atoms with E-state index in [-0.39, 0.29) is 31.5 Å². The van der Waals surface area contributed by atoms with E-state index in [0.29, 0.717) is 30.5 Å². The molecule has 0 saturated carbocycles. The summed E-state index contributed by atoms with van der Waals surface area (Å²) in [6.45, 7) is 3.45. The smallest absolute Gasteiger partial charge is 0.464 e. The van der Waals surface area contributed by atoms with E-state index < -0.39 is 49.2 Å². The summed E-state index contributed by atoms with van der Waals surface area (Å²) in [6.07, 6.45) is 2.13. The van der Waals surface area contributed by atoms with E-state index in [9.17, 15) is 33.7 Å². The van der Waals surface area contributed by atoms with E-state index >= 15 is 0 Å². The van der Waals surface area contributed by atoms with E-state index in [0.717, 1.165) is 5.39 Å². The molecule has 1 aromatic carbocycles. The molecule has 3 N–H and O–H groups in total. The number of furan rings is 1. The second kappa shape index (κ2) is 12.0. The molecule has 3 heterocycles. The molecule has 2 fully saturated rings. The summed E-state index contributed by atoms with van der Waals surface area (Å²) in [4.78, 5) is 28.8. The number of benzene rings is 1. The van der Waals surface area contributed by atoms with Crippen LogP contribution in [0.25, 0.3) is 11.0 Å². The Kier molecular flexibility index (Phi) is 8.82. The van der Waals surface area contributed by atoms with Crippen LogP contribution in [0.3, 0.4) is 0 Å². The zero-order chi connectivity index (χ0) is 29.1. The number of rotatable bonds is 8. The molecule has 0 spiro atoms. The van der Waals surface area contributed by atoms with Crippen LogP contribution < -0.4 is 5.32 Å². The number of ether oxygens (including phenoxy) is 1. The maximum Gasteiger partial charge on any atom is 0.475 e. The van der Waals surface area contributed by atoms with Gasteiger partial charge in [-0.15, -0.1) is 0 Å². The third-order valence-corrected chi connectivity index (χ3v) is 7.44. The highest BCUT2D eigenvalue weighted by Gasteiger charge is 2.43. The number of likely N-dealkylation sites (tertiary alicyclic amines) is 2. The molecule has 4 rings (SSSR count). The molecule has 40 heavy (non-hydrogen) atoms. The van der Waals surface area contributed by atoms with Gasteiger partial charge in [0.2, 0.25) is 0 Å². The van der Waals surface area contributed by atoms with Crippen LogP contribution >= 0.6 is 0 Å². The van der Waals surface area contributed by atoms with Gasteiger partial charge in [0.25, 0.3) is 11.8 Å². The van der Waals surface area contributed by atoms with Gasteiger partial charge in [-0.3, -0.25) is 9.69 Å². The van der Waals surface area contributed by atoms with Crippen molar-refractivity contribution in [1.29, 1.82) is 5.26 Å². The lowest BCUT2D eigenvalue weighted by molar-refractivity contribution is -0.129. The van der Waals surface area contributed by atoms with Crippen molar-refractivity contribution in [1.82, 2.24) is 15.1 Å². The van der Waals surface area contributed by atoms with Crippen molar-refractivity contribution in [2.75, 3.05) is 26.2 Å². The van der Waals surface area contributed by atoms with Crippen molar-refractivity contribution in [3.63, 3.8) is 0 Å². The first-order valence-corrected chi connectivity index (χ1v) is 13.2. The fourth-order valence-electron chi connectivity index (χ4n) is 5.20. The Hall–Kier alpha value is -3.47. The fourth-order valence-corrected chi connectivity index (χ4v) is 5.20. The van der Waals surface area contributed by atoms with Gasteiger partial charge in [0.05, 0.1) is 25.3 Å². The lowest BCUT2D eigenvalue weighted by Crippen LogP contribution is -2.50. The fraction of sp³-hybridized carbons (Fsp3) is 0.519. The van der Waals surface area contributed by atoms with Crippen molar-refractivity contribution in [2.24, 2.45) is 0 Å². The molecule has 0 aliphatic carbocycles. The summed E-state index contributed by atoms with van der Waals surface area (Å²) in [6, 6.07) is 9.14. The first kappa shape index (κ1) is 29.5. The largest absolute Gasteiger partial charge is 0.475 e. The first-order valence-electron chi connectivity index (χ1n) is 13.2. The molecule has 2 saturated heterocycles. The SMILES string of the molecule is CC(C)(C=C(C#N)C(=O)N1CCC[C@H](OC(=O)NC(Cc2coc3ccccc23)B(O)O)C1)N1CCC(F)(F)C1. The normalized spacial score (nSPS) is 20.7. The van der Waals surface area contributed by atoms with Gasteiger partial charge in [-0.25, -0.2) is 13.6 Å². The second-order valence-corrected chi connectivity index (χ2v) is 10.9. The van der Waals surface area contributed by atoms with E-state index in [2.05, 4.69) is 5.32 Å². The number of nitriles is 1. The molecule has 0 radical (unpaired) electrons. The Morgan fingerprint density at radius 3 is 2.77 bits per heavy atom. The number of nitrogens with one attached hydrogen (secondary N) is 1. The maximum absolute atomic E-state index is 13.7. The van der Waals surface area contributed by atoms with Crippen LogP contribution in [0.5, 0.6) is 0 Å². The predicted molar refractivity (Wildman–Crippen MR) is 142 cm³/mol. The minimum absolute atomic E-state index is 0.0339. The number of carbonyl (C=O) groups excluding carboxylic acids is 2. The minimum Gasteiger partial charge on any atom is -0.464 e. The molecule has 2 amide bonds. The van der Waals surface area contributed by atoms with Crippen molar-refractivity contribution >= 4 is 30.1 Å². The number of piperidine rings is 1. The Bertz CT molecular complexity index is 1310. The number of hydrogen-bond donors (Lipinski definition) is 3. The van der Waals surface area contributed by atoms with Gasteiger partial charge in [-0.2, -0.15) is 5.26 Å². The van der Waals surface area contributed by atoms with Crippen LogP contribution in [-0.2, 0) is 16.0 Å². The van der Waals surface area contributed by atoms with Crippen LogP contribution in [0.4, 0.5) is 13.6 Å². The number of amides is 2. The number of hydrogen-bond acceptors (Lipinski definition) is 8. The highest BCUT2D eigenvalue weighted by Crippen LogP contribution is 2.33. The molecule has 13 heteroatoms. The standard InChI is InChI=1S/C27H33BF2N4O6/c1-26(2,34-11-9-27(29,30)17-34)13-19(14-31)24(35)33-10-5-6-20(15-33)40-25(36)32-23(28(37)38)12-18-16-39-22-8-4-3-7-21(18)22/h3-4,7-8,13,16,20,23,37-38H,5-6,9-12,15,17H2,1-2H3,(H,32,36)/t20-,23?/m0/s1. The molecule has 1 aromatic heterocycles. The summed E-state index contributed by atoms with van der Waals surface area (Å²) in [5.41, 5.74) is 0.207. The van der Waals surface area contributed by atoms with Gasteiger partial charge in [0.1, 0.15) is 23.3 Å². The Morgan fingerprint density at radius 1 is 1.35 bits per heavy atom. The zero-order valence-corrected chi connectivity index (χ0v) is 22.5. The lowest BCUT2D eigenvalue weighted by atomic mass is 9.76. The Labute approximate surface area is 231 Å². The molecule has 10 nitrogen and oxygen atoms in total. The van der Waals surface area contributed by atoms with Gasteiger partial charge in [0.15, 0.2) is 0 Å². The van der Waals surface area contributed by atoms with Gasteiger partial charge in [-0.05, 0) is 50.8 Å². The Balaban J connectivity index is 1.36. The van der Waals surface area contributed by atoms with Gasteiger partial charge in [0, 0.05) is 30.4 Å². The van der Waals surface area contributed by atoms with Crippen LogP contribution in [0, 0.1) is 11.3 Å². The molecule has 2 aliphatic rings.